The normalized spacial score (nSPS) is 10.3. The Morgan fingerprint density at radius 1 is 1.39 bits per heavy atom. The molecule has 1 amide bonds. The fourth-order valence-corrected chi connectivity index (χ4v) is 3.25. The maximum absolute atomic E-state index is 11.9. The Hall–Kier alpha value is -0.720. The Kier molecular flexibility index (Phi) is 4.91. The summed E-state index contributed by atoms with van der Waals surface area (Å²) in [5, 5.41) is 4.87. The van der Waals surface area contributed by atoms with Crippen LogP contribution in [0.25, 0.3) is 0 Å². The van der Waals surface area contributed by atoms with Crippen molar-refractivity contribution in [3.63, 3.8) is 0 Å². The lowest BCUT2D eigenvalue weighted by Gasteiger charge is -2.06. The Balaban J connectivity index is 1.91. The van der Waals surface area contributed by atoms with Gasteiger partial charge in [-0.15, -0.1) is 11.3 Å². The Morgan fingerprint density at radius 3 is 2.89 bits per heavy atom. The molecule has 0 saturated heterocycles. The van der Waals surface area contributed by atoms with Crippen molar-refractivity contribution >= 4 is 49.1 Å². The van der Waals surface area contributed by atoms with Crippen LogP contribution in [-0.4, -0.2) is 17.4 Å². The third kappa shape index (κ3) is 3.63. The van der Waals surface area contributed by atoms with Crippen molar-refractivity contribution in [2.45, 2.75) is 6.42 Å². The molecule has 0 bridgehead atoms. The van der Waals surface area contributed by atoms with Crippen LogP contribution in [-0.2, 0) is 6.42 Å². The van der Waals surface area contributed by atoms with Crippen LogP contribution in [0.5, 0.6) is 0 Å². The van der Waals surface area contributed by atoms with E-state index in [9.17, 15) is 4.79 Å². The maximum Gasteiger partial charge on any atom is 0.252 e. The molecule has 0 aliphatic heterocycles. The number of aromatic nitrogens is 1. The van der Waals surface area contributed by atoms with Gasteiger partial charge in [0.25, 0.3) is 5.91 Å². The predicted octanol–water partition coefficient (Wildman–Crippen LogP) is 3.64. The number of carbonyl (C=O) groups excluding carboxylic acids is 1. The van der Waals surface area contributed by atoms with Crippen LogP contribution in [0.3, 0.4) is 0 Å². The summed E-state index contributed by atoms with van der Waals surface area (Å²) < 4.78 is 1.72. The van der Waals surface area contributed by atoms with Crippen molar-refractivity contribution in [3.8, 4) is 0 Å². The van der Waals surface area contributed by atoms with E-state index in [0.717, 1.165) is 21.1 Å². The number of carbonyl (C=O) groups is 1. The Labute approximate surface area is 126 Å². The van der Waals surface area contributed by atoms with E-state index in [1.165, 1.54) is 0 Å². The molecule has 2 aromatic rings. The van der Waals surface area contributed by atoms with Crippen LogP contribution >= 0.6 is 43.2 Å². The van der Waals surface area contributed by atoms with Crippen LogP contribution < -0.4 is 5.32 Å². The van der Waals surface area contributed by atoms with Gasteiger partial charge < -0.3 is 5.32 Å². The summed E-state index contributed by atoms with van der Waals surface area (Å²) in [5.41, 5.74) is 3.44. The number of nitrogens with one attached hydrogen (secondary N) is 1. The SMILES string of the molecule is O=C(NCCc1cscn1)c1ccc(Br)cc1Br. The predicted molar refractivity (Wildman–Crippen MR) is 80.0 cm³/mol. The number of hydrogen-bond acceptors (Lipinski definition) is 3. The highest BCUT2D eigenvalue weighted by Gasteiger charge is 2.09. The van der Waals surface area contributed by atoms with Crippen molar-refractivity contribution in [3.05, 3.63) is 49.3 Å². The molecule has 1 aromatic carbocycles. The van der Waals surface area contributed by atoms with Crippen molar-refractivity contribution < 1.29 is 4.79 Å². The highest BCUT2D eigenvalue weighted by molar-refractivity contribution is 9.11. The summed E-state index contributed by atoms with van der Waals surface area (Å²) in [7, 11) is 0. The number of nitrogens with zero attached hydrogens (tertiary/aromatic N) is 1. The average Bonchev–Trinajstić information content (AvgIpc) is 2.81. The molecule has 1 heterocycles. The fourth-order valence-electron chi connectivity index (χ4n) is 1.43. The molecule has 0 saturated carbocycles. The van der Waals surface area contributed by atoms with Crippen LogP contribution in [0.1, 0.15) is 16.1 Å². The molecule has 3 nitrogen and oxygen atoms in total. The second kappa shape index (κ2) is 6.45. The zero-order chi connectivity index (χ0) is 13.0. The summed E-state index contributed by atoms with van der Waals surface area (Å²) in [6, 6.07) is 5.49. The van der Waals surface area contributed by atoms with Gasteiger partial charge in [0.2, 0.25) is 0 Å². The molecule has 2 rings (SSSR count). The van der Waals surface area contributed by atoms with Crippen LogP contribution in [0.2, 0.25) is 0 Å². The highest BCUT2D eigenvalue weighted by atomic mass is 79.9. The number of hydrogen-bond donors (Lipinski definition) is 1. The molecule has 94 valence electrons. The molecular formula is C12H10Br2N2OS. The standard InChI is InChI=1S/C12H10Br2N2OS/c13-8-1-2-10(11(14)5-8)12(17)15-4-3-9-6-18-7-16-9/h1-2,5-7H,3-4H2,(H,15,17). The Morgan fingerprint density at radius 2 is 2.22 bits per heavy atom. The van der Waals surface area contributed by atoms with Gasteiger partial charge >= 0.3 is 0 Å². The molecule has 18 heavy (non-hydrogen) atoms. The number of thiazole rings is 1. The van der Waals surface area contributed by atoms with E-state index < -0.39 is 0 Å². The topological polar surface area (TPSA) is 42.0 Å². The third-order valence-corrected chi connectivity index (χ3v) is 4.11. The first-order chi connectivity index (χ1) is 8.66. The monoisotopic (exact) mass is 388 g/mol. The van der Waals surface area contributed by atoms with Crippen molar-refractivity contribution in [2.24, 2.45) is 0 Å². The third-order valence-electron chi connectivity index (χ3n) is 2.33. The lowest BCUT2D eigenvalue weighted by atomic mass is 10.2. The minimum Gasteiger partial charge on any atom is -0.352 e. The molecule has 0 fully saturated rings. The summed E-state index contributed by atoms with van der Waals surface area (Å²) in [5.74, 6) is -0.0791. The molecular weight excluding hydrogens is 380 g/mol. The van der Waals surface area contributed by atoms with E-state index in [2.05, 4.69) is 42.2 Å². The van der Waals surface area contributed by atoms with Crippen LogP contribution in [0.4, 0.5) is 0 Å². The van der Waals surface area contributed by atoms with Crippen molar-refractivity contribution in [1.29, 1.82) is 0 Å². The van der Waals surface area contributed by atoms with Gasteiger partial charge in [-0.1, -0.05) is 15.9 Å². The zero-order valence-electron chi connectivity index (χ0n) is 9.32. The minimum absolute atomic E-state index is 0.0791. The van der Waals surface area contributed by atoms with E-state index in [-0.39, 0.29) is 5.91 Å². The quantitative estimate of drug-likeness (QED) is 0.867. The molecule has 0 aliphatic carbocycles. The number of amides is 1. The average molecular weight is 390 g/mol. The number of halogens is 2. The molecule has 0 atom stereocenters. The lowest BCUT2D eigenvalue weighted by molar-refractivity contribution is 0.0953. The fraction of sp³-hybridized carbons (Fsp3) is 0.167. The lowest BCUT2D eigenvalue weighted by Crippen LogP contribution is -2.26. The van der Waals surface area contributed by atoms with Crippen LogP contribution in [0.15, 0.2) is 38.0 Å². The molecule has 0 radical (unpaired) electrons. The number of rotatable bonds is 4. The van der Waals surface area contributed by atoms with Gasteiger partial charge in [-0.25, -0.2) is 4.98 Å². The second-order valence-corrected chi connectivity index (χ2v) is 6.10. The molecule has 0 aliphatic rings. The molecule has 6 heteroatoms. The van der Waals surface area contributed by atoms with Gasteiger partial charge in [0.05, 0.1) is 16.8 Å². The van der Waals surface area contributed by atoms with Crippen molar-refractivity contribution in [1.82, 2.24) is 10.3 Å². The second-order valence-electron chi connectivity index (χ2n) is 3.61. The molecule has 1 aromatic heterocycles. The summed E-state index contributed by atoms with van der Waals surface area (Å²) in [6.07, 6.45) is 0.753. The molecule has 0 spiro atoms. The van der Waals surface area contributed by atoms with E-state index in [0.29, 0.717) is 12.1 Å². The van der Waals surface area contributed by atoms with Gasteiger partial charge in [-0.2, -0.15) is 0 Å². The molecule has 1 N–H and O–H groups in total. The maximum atomic E-state index is 11.9. The van der Waals surface area contributed by atoms with Gasteiger partial charge in [-0.3, -0.25) is 4.79 Å². The van der Waals surface area contributed by atoms with E-state index in [1.807, 2.05) is 17.5 Å². The summed E-state index contributed by atoms with van der Waals surface area (Å²) >= 11 is 8.29. The van der Waals surface area contributed by atoms with E-state index in [4.69, 9.17) is 0 Å². The van der Waals surface area contributed by atoms with Gasteiger partial charge in [-0.05, 0) is 34.1 Å². The van der Waals surface area contributed by atoms with E-state index >= 15 is 0 Å². The minimum atomic E-state index is -0.0791. The smallest absolute Gasteiger partial charge is 0.252 e. The largest absolute Gasteiger partial charge is 0.352 e. The van der Waals surface area contributed by atoms with Crippen molar-refractivity contribution in [2.75, 3.05) is 6.54 Å². The van der Waals surface area contributed by atoms with E-state index in [1.54, 1.807) is 22.9 Å². The highest BCUT2D eigenvalue weighted by Crippen LogP contribution is 2.21. The number of benzene rings is 1. The van der Waals surface area contributed by atoms with Gasteiger partial charge in [0.1, 0.15) is 0 Å². The first kappa shape index (κ1) is 13.7. The summed E-state index contributed by atoms with van der Waals surface area (Å²) in [6.45, 7) is 0.588. The molecule has 0 unspecified atom stereocenters. The first-order valence-corrected chi connectivity index (χ1v) is 7.80. The zero-order valence-corrected chi connectivity index (χ0v) is 13.3. The Bertz CT molecular complexity index is 543. The van der Waals surface area contributed by atoms with Gasteiger partial charge in [0, 0.05) is 27.3 Å². The van der Waals surface area contributed by atoms with Crippen LogP contribution in [0, 0.1) is 0 Å². The van der Waals surface area contributed by atoms with Gasteiger partial charge in [0.15, 0.2) is 0 Å². The first-order valence-electron chi connectivity index (χ1n) is 5.27. The summed E-state index contributed by atoms with van der Waals surface area (Å²) in [4.78, 5) is 16.1.